The van der Waals surface area contributed by atoms with Crippen LogP contribution in [0, 0.1) is 5.82 Å². The summed E-state index contributed by atoms with van der Waals surface area (Å²) in [4.78, 5) is 33.9. The third kappa shape index (κ3) is 4.86. The van der Waals surface area contributed by atoms with Gasteiger partial charge in [0.2, 0.25) is 0 Å². The summed E-state index contributed by atoms with van der Waals surface area (Å²) in [6, 6.07) is 5.04. The number of carboxylic acids is 1. The number of aromatic carboxylic acids is 1. The van der Waals surface area contributed by atoms with Crippen molar-refractivity contribution in [2.45, 2.75) is 45.3 Å². The molecule has 4 rings (SSSR count). The first-order valence-corrected chi connectivity index (χ1v) is 10.6. The molecular weight excluding hydrogens is 431 g/mol. The van der Waals surface area contributed by atoms with E-state index in [9.17, 15) is 19.1 Å². The zero-order valence-corrected chi connectivity index (χ0v) is 18.6. The number of carboxylic acid groups (broad SMARTS) is 1. The number of likely N-dealkylation sites (tertiary alicyclic amines) is 1. The van der Waals surface area contributed by atoms with Gasteiger partial charge >= 0.3 is 12.1 Å². The van der Waals surface area contributed by atoms with Crippen molar-refractivity contribution in [2.24, 2.45) is 0 Å². The number of nitrogens with one attached hydrogen (secondary N) is 1. The summed E-state index contributed by atoms with van der Waals surface area (Å²) in [5.41, 5.74) is -0.242. The van der Waals surface area contributed by atoms with Gasteiger partial charge < -0.3 is 20.1 Å². The summed E-state index contributed by atoms with van der Waals surface area (Å²) in [7, 11) is 0. The summed E-state index contributed by atoms with van der Waals surface area (Å²) in [6.45, 7) is 6.16. The summed E-state index contributed by atoms with van der Waals surface area (Å²) in [5, 5.41) is 16.7. The van der Waals surface area contributed by atoms with Gasteiger partial charge in [0.15, 0.2) is 23.2 Å². The smallest absolute Gasteiger partial charge is 0.410 e. The standard InChI is InChI=1S/C22H25FN6O4/c1-22(2,3)33-21(32)28-9-6-7-13(12-28)25-19-16(23)17(20(30)31)26-18(27-19)14-11-24-29-10-5-4-8-15(14)29/h4-5,8,10-11,13H,6-7,9,12H2,1-3H3,(H,30,31)(H,25,26,27)/t13-/m1/s1. The van der Waals surface area contributed by atoms with E-state index in [0.29, 0.717) is 30.5 Å². The lowest BCUT2D eigenvalue weighted by Gasteiger charge is -2.34. The third-order valence-corrected chi connectivity index (χ3v) is 5.14. The van der Waals surface area contributed by atoms with Crippen molar-refractivity contribution < 1.29 is 23.8 Å². The number of carbonyl (C=O) groups is 2. The van der Waals surface area contributed by atoms with Crippen molar-refractivity contribution in [1.82, 2.24) is 24.5 Å². The van der Waals surface area contributed by atoms with E-state index in [1.165, 1.54) is 6.20 Å². The molecule has 0 bridgehead atoms. The summed E-state index contributed by atoms with van der Waals surface area (Å²) in [6.07, 6.45) is 4.11. The van der Waals surface area contributed by atoms with Crippen molar-refractivity contribution in [3.05, 3.63) is 42.1 Å². The minimum Gasteiger partial charge on any atom is -0.476 e. The van der Waals surface area contributed by atoms with Gasteiger partial charge in [-0.15, -0.1) is 0 Å². The van der Waals surface area contributed by atoms with E-state index in [2.05, 4.69) is 20.4 Å². The monoisotopic (exact) mass is 456 g/mol. The molecule has 0 aromatic carbocycles. The molecule has 11 heteroatoms. The zero-order chi connectivity index (χ0) is 23.8. The van der Waals surface area contributed by atoms with Crippen LogP contribution in [-0.4, -0.2) is 66.4 Å². The summed E-state index contributed by atoms with van der Waals surface area (Å²) >= 11 is 0. The Hall–Kier alpha value is -3.76. The molecule has 1 aliphatic rings. The zero-order valence-electron chi connectivity index (χ0n) is 18.6. The fraction of sp³-hybridized carbons (Fsp3) is 0.409. The van der Waals surface area contributed by atoms with Gasteiger partial charge in [-0.05, 0) is 45.7 Å². The highest BCUT2D eigenvalue weighted by Crippen LogP contribution is 2.26. The molecule has 33 heavy (non-hydrogen) atoms. The number of nitrogens with zero attached hydrogens (tertiary/aromatic N) is 5. The van der Waals surface area contributed by atoms with E-state index >= 15 is 0 Å². The molecule has 1 saturated heterocycles. The molecule has 3 aromatic rings. The average Bonchev–Trinajstić information content (AvgIpc) is 3.18. The lowest BCUT2D eigenvalue weighted by molar-refractivity contribution is 0.0206. The van der Waals surface area contributed by atoms with Crippen LogP contribution in [-0.2, 0) is 4.74 Å². The number of anilines is 1. The highest BCUT2D eigenvalue weighted by molar-refractivity contribution is 5.88. The molecule has 0 aliphatic carbocycles. The second kappa shape index (κ2) is 8.64. The Bertz CT molecular complexity index is 1210. The number of ether oxygens (including phenoxy) is 1. The number of halogens is 1. The van der Waals surface area contributed by atoms with E-state index in [1.54, 1.807) is 54.6 Å². The highest BCUT2D eigenvalue weighted by atomic mass is 19.1. The molecule has 10 nitrogen and oxygen atoms in total. The van der Waals surface area contributed by atoms with Crippen molar-refractivity contribution in [3.63, 3.8) is 0 Å². The molecule has 4 heterocycles. The SMILES string of the molecule is CC(C)(C)OC(=O)N1CCC[C@@H](Nc2nc(-c3cnn4ccccc34)nc(C(=O)O)c2F)C1. The number of fused-ring (bicyclic) bond motifs is 1. The van der Waals surface area contributed by atoms with Crippen LogP contribution < -0.4 is 5.32 Å². The van der Waals surface area contributed by atoms with Gasteiger partial charge in [0, 0.05) is 25.3 Å². The van der Waals surface area contributed by atoms with Gasteiger partial charge in [-0.1, -0.05) is 6.07 Å². The quantitative estimate of drug-likeness (QED) is 0.612. The fourth-order valence-corrected chi connectivity index (χ4v) is 3.69. The lowest BCUT2D eigenvalue weighted by atomic mass is 10.1. The van der Waals surface area contributed by atoms with Gasteiger partial charge in [0.05, 0.1) is 17.3 Å². The molecule has 3 aromatic heterocycles. The first-order chi connectivity index (χ1) is 15.6. The number of rotatable bonds is 4. The van der Waals surface area contributed by atoms with Gasteiger partial charge in [-0.2, -0.15) is 5.10 Å². The Balaban J connectivity index is 1.63. The maximum Gasteiger partial charge on any atom is 0.410 e. The number of hydrogen-bond acceptors (Lipinski definition) is 7. The third-order valence-electron chi connectivity index (χ3n) is 5.14. The molecule has 0 radical (unpaired) electrons. The fourth-order valence-electron chi connectivity index (χ4n) is 3.69. The molecule has 0 unspecified atom stereocenters. The van der Waals surface area contributed by atoms with E-state index in [4.69, 9.17) is 4.74 Å². The first kappa shape index (κ1) is 22.4. The Morgan fingerprint density at radius 2 is 2.06 bits per heavy atom. The number of carbonyl (C=O) groups excluding carboxylic acids is 1. The van der Waals surface area contributed by atoms with Gasteiger partial charge in [-0.25, -0.2) is 28.5 Å². The maximum absolute atomic E-state index is 15.0. The van der Waals surface area contributed by atoms with Crippen LogP contribution in [0.3, 0.4) is 0 Å². The molecular formula is C22H25FN6O4. The number of piperidine rings is 1. The van der Waals surface area contributed by atoms with Crippen LogP contribution in [0.4, 0.5) is 15.0 Å². The Labute approximate surface area is 189 Å². The Morgan fingerprint density at radius 3 is 2.79 bits per heavy atom. The van der Waals surface area contributed by atoms with Crippen LogP contribution in [0.1, 0.15) is 44.1 Å². The van der Waals surface area contributed by atoms with Crippen LogP contribution >= 0.6 is 0 Å². The predicted molar refractivity (Wildman–Crippen MR) is 118 cm³/mol. The van der Waals surface area contributed by atoms with E-state index in [0.717, 1.165) is 0 Å². The van der Waals surface area contributed by atoms with Crippen LogP contribution in [0.15, 0.2) is 30.6 Å². The van der Waals surface area contributed by atoms with E-state index in [-0.39, 0.29) is 24.2 Å². The minimum absolute atomic E-state index is 0.0392. The second-order valence-corrected chi connectivity index (χ2v) is 8.86. The van der Waals surface area contributed by atoms with Crippen molar-refractivity contribution in [3.8, 4) is 11.4 Å². The molecule has 2 N–H and O–H groups in total. The highest BCUT2D eigenvalue weighted by Gasteiger charge is 2.29. The van der Waals surface area contributed by atoms with Crippen LogP contribution in [0.5, 0.6) is 0 Å². The number of aromatic nitrogens is 4. The number of hydrogen-bond donors (Lipinski definition) is 2. The molecule has 1 amide bonds. The van der Waals surface area contributed by atoms with Crippen LogP contribution in [0.25, 0.3) is 16.9 Å². The van der Waals surface area contributed by atoms with Crippen molar-refractivity contribution in [1.29, 1.82) is 0 Å². The van der Waals surface area contributed by atoms with Crippen LogP contribution in [0.2, 0.25) is 0 Å². The molecule has 0 saturated carbocycles. The van der Waals surface area contributed by atoms with Crippen molar-refractivity contribution >= 4 is 23.4 Å². The predicted octanol–water partition coefficient (Wildman–Crippen LogP) is 3.44. The van der Waals surface area contributed by atoms with E-state index < -0.39 is 29.2 Å². The van der Waals surface area contributed by atoms with Gasteiger partial charge in [0.1, 0.15) is 5.60 Å². The Kier molecular flexibility index (Phi) is 5.88. The molecule has 1 aliphatic heterocycles. The minimum atomic E-state index is -1.50. The normalized spacial score (nSPS) is 16.6. The largest absolute Gasteiger partial charge is 0.476 e. The summed E-state index contributed by atoms with van der Waals surface area (Å²) < 4.78 is 22.0. The topological polar surface area (TPSA) is 122 Å². The maximum atomic E-state index is 15.0. The number of amides is 1. The summed E-state index contributed by atoms with van der Waals surface area (Å²) in [5.74, 6) is -2.76. The molecule has 1 fully saturated rings. The average molecular weight is 456 g/mol. The Morgan fingerprint density at radius 1 is 1.27 bits per heavy atom. The molecule has 1 atom stereocenters. The van der Waals surface area contributed by atoms with Gasteiger partial charge in [0.25, 0.3) is 0 Å². The molecule has 0 spiro atoms. The molecule has 174 valence electrons. The second-order valence-electron chi connectivity index (χ2n) is 8.86. The van der Waals surface area contributed by atoms with Crippen molar-refractivity contribution in [2.75, 3.05) is 18.4 Å². The first-order valence-electron chi connectivity index (χ1n) is 10.6. The van der Waals surface area contributed by atoms with E-state index in [1.807, 2.05) is 0 Å². The lowest BCUT2D eigenvalue weighted by Crippen LogP contribution is -2.47. The van der Waals surface area contributed by atoms with Gasteiger partial charge in [-0.3, -0.25) is 0 Å². The number of pyridine rings is 1.